The van der Waals surface area contributed by atoms with Crippen LogP contribution >= 0.6 is 0 Å². The summed E-state index contributed by atoms with van der Waals surface area (Å²) < 4.78 is 5.16. The van der Waals surface area contributed by atoms with Crippen molar-refractivity contribution in [3.05, 3.63) is 65.2 Å². The minimum Gasteiger partial charge on any atom is -0.497 e. The van der Waals surface area contributed by atoms with Gasteiger partial charge in [-0.3, -0.25) is 14.4 Å². The number of hydrogen-bond acceptors (Lipinski definition) is 4. The molecule has 7 nitrogen and oxygen atoms in total. The molecule has 0 bridgehead atoms. The topological polar surface area (TPSA) is 87.7 Å². The molecule has 2 N–H and O–H groups in total. The summed E-state index contributed by atoms with van der Waals surface area (Å²) in [6, 6.07) is 14.2. The van der Waals surface area contributed by atoms with E-state index in [4.69, 9.17) is 4.74 Å². The standard InChI is InChI=1S/C24H29N3O4/c1-17(28)26-22(19-8-10-21(31-2)11-9-19)15-23(29)25-16-18-6-5-7-20(14-18)24(30)27-12-3-4-13-27/h5-11,14,22H,3-4,12-13,15-16H2,1-2H3,(H,25,29)(H,26,28). The van der Waals surface area contributed by atoms with Gasteiger partial charge in [0.2, 0.25) is 11.8 Å². The second-order valence-electron chi connectivity index (χ2n) is 7.71. The zero-order valence-electron chi connectivity index (χ0n) is 18.0. The predicted octanol–water partition coefficient (Wildman–Crippen LogP) is 2.81. The van der Waals surface area contributed by atoms with Crippen molar-refractivity contribution in [2.75, 3.05) is 20.2 Å². The summed E-state index contributed by atoms with van der Waals surface area (Å²) in [4.78, 5) is 38.6. The number of rotatable bonds is 8. The van der Waals surface area contributed by atoms with Crippen molar-refractivity contribution < 1.29 is 19.1 Å². The first-order valence-corrected chi connectivity index (χ1v) is 10.5. The van der Waals surface area contributed by atoms with E-state index in [1.54, 1.807) is 19.2 Å². The third-order valence-electron chi connectivity index (χ3n) is 5.34. The molecule has 1 saturated heterocycles. The van der Waals surface area contributed by atoms with Gasteiger partial charge in [-0.1, -0.05) is 24.3 Å². The van der Waals surface area contributed by atoms with Crippen LogP contribution in [0.25, 0.3) is 0 Å². The van der Waals surface area contributed by atoms with Crippen molar-refractivity contribution in [1.82, 2.24) is 15.5 Å². The molecule has 0 saturated carbocycles. The van der Waals surface area contributed by atoms with Crippen LogP contribution in [0.2, 0.25) is 0 Å². The molecule has 164 valence electrons. The van der Waals surface area contributed by atoms with Gasteiger partial charge in [0.1, 0.15) is 5.75 Å². The molecule has 1 atom stereocenters. The van der Waals surface area contributed by atoms with Crippen LogP contribution in [0.1, 0.15) is 53.7 Å². The molecule has 2 aromatic rings. The molecule has 1 aliphatic rings. The van der Waals surface area contributed by atoms with Crippen LogP contribution in [-0.4, -0.2) is 42.8 Å². The number of hydrogen-bond donors (Lipinski definition) is 2. The Labute approximate surface area is 182 Å². The summed E-state index contributed by atoms with van der Waals surface area (Å²) in [5.74, 6) is 0.349. The fourth-order valence-electron chi connectivity index (χ4n) is 3.71. The summed E-state index contributed by atoms with van der Waals surface area (Å²) in [5.41, 5.74) is 2.33. The zero-order valence-corrected chi connectivity index (χ0v) is 18.0. The lowest BCUT2D eigenvalue weighted by Crippen LogP contribution is -2.32. The third kappa shape index (κ3) is 6.31. The molecule has 0 aliphatic carbocycles. The molecule has 0 spiro atoms. The number of benzene rings is 2. The van der Waals surface area contributed by atoms with Gasteiger partial charge in [0.15, 0.2) is 0 Å². The van der Waals surface area contributed by atoms with Crippen molar-refractivity contribution in [2.24, 2.45) is 0 Å². The number of nitrogens with zero attached hydrogens (tertiary/aromatic N) is 1. The molecule has 1 unspecified atom stereocenters. The quantitative estimate of drug-likeness (QED) is 0.684. The molecule has 2 aromatic carbocycles. The Balaban J connectivity index is 1.60. The van der Waals surface area contributed by atoms with Crippen LogP contribution in [0.3, 0.4) is 0 Å². The van der Waals surface area contributed by atoms with Gasteiger partial charge in [-0.05, 0) is 48.2 Å². The highest BCUT2D eigenvalue weighted by Gasteiger charge is 2.20. The van der Waals surface area contributed by atoms with Crippen molar-refractivity contribution >= 4 is 17.7 Å². The van der Waals surface area contributed by atoms with Crippen LogP contribution in [0.5, 0.6) is 5.75 Å². The highest BCUT2D eigenvalue weighted by atomic mass is 16.5. The van der Waals surface area contributed by atoms with E-state index in [9.17, 15) is 14.4 Å². The smallest absolute Gasteiger partial charge is 0.253 e. The van der Waals surface area contributed by atoms with Crippen molar-refractivity contribution in [3.8, 4) is 5.75 Å². The van der Waals surface area contributed by atoms with Crippen molar-refractivity contribution in [2.45, 2.75) is 38.8 Å². The van der Waals surface area contributed by atoms with E-state index in [0.717, 1.165) is 37.1 Å². The average molecular weight is 424 g/mol. The highest BCUT2D eigenvalue weighted by molar-refractivity contribution is 5.94. The van der Waals surface area contributed by atoms with Gasteiger partial charge in [0.25, 0.3) is 5.91 Å². The Morgan fingerprint density at radius 3 is 2.42 bits per heavy atom. The molecular weight excluding hydrogens is 394 g/mol. The normalized spacial score (nSPS) is 14.1. The Morgan fingerprint density at radius 2 is 1.77 bits per heavy atom. The SMILES string of the molecule is COc1ccc(C(CC(=O)NCc2cccc(C(=O)N3CCCC3)c2)NC(C)=O)cc1. The lowest BCUT2D eigenvalue weighted by molar-refractivity contribution is -0.122. The van der Waals surface area contributed by atoms with E-state index in [1.165, 1.54) is 6.92 Å². The number of amides is 3. The number of nitrogens with one attached hydrogen (secondary N) is 2. The summed E-state index contributed by atoms with van der Waals surface area (Å²) in [6.07, 6.45) is 2.20. The first-order valence-electron chi connectivity index (χ1n) is 10.5. The molecule has 0 aromatic heterocycles. The summed E-state index contributed by atoms with van der Waals surface area (Å²) in [6.45, 7) is 3.35. The van der Waals surface area contributed by atoms with Crippen molar-refractivity contribution in [3.63, 3.8) is 0 Å². The molecular formula is C24H29N3O4. The monoisotopic (exact) mass is 423 g/mol. The van der Waals surface area contributed by atoms with Crippen LogP contribution < -0.4 is 15.4 Å². The number of carbonyl (C=O) groups excluding carboxylic acids is 3. The second kappa shape index (κ2) is 10.6. The van der Waals surface area contributed by atoms with Crippen LogP contribution in [0.15, 0.2) is 48.5 Å². The molecule has 3 amide bonds. The molecule has 1 aliphatic heterocycles. The lowest BCUT2D eigenvalue weighted by Gasteiger charge is -2.19. The summed E-state index contributed by atoms with van der Waals surface area (Å²) in [7, 11) is 1.58. The summed E-state index contributed by atoms with van der Waals surface area (Å²) >= 11 is 0. The largest absolute Gasteiger partial charge is 0.497 e. The van der Waals surface area contributed by atoms with E-state index < -0.39 is 6.04 Å². The first-order chi connectivity index (χ1) is 15.0. The van der Waals surface area contributed by atoms with Gasteiger partial charge in [-0.2, -0.15) is 0 Å². The first kappa shape index (κ1) is 22.3. The van der Waals surface area contributed by atoms with Crippen molar-refractivity contribution in [1.29, 1.82) is 0 Å². The molecule has 7 heteroatoms. The maximum atomic E-state index is 12.6. The molecule has 31 heavy (non-hydrogen) atoms. The Kier molecular flexibility index (Phi) is 7.65. The lowest BCUT2D eigenvalue weighted by atomic mass is 10.0. The minimum atomic E-state index is -0.438. The van der Waals surface area contributed by atoms with Gasteiger partial charge in [-0.25, -0.2) is 0 Å². The van der Waals surface area contributed by atoms with E-state index in [-0.39, 0.29) is 24.1 Å². The van der Waals surface area contributed by atoms with Crippen LogP contribution in [0.4, 0.5) is 0 Å². The van der Waals surface area contributed by atoms with E-state index in [2.05, 4.69) is 10.6 Å². The minimum absolute atomic E-state index is 0.0379. The number of methoxy groups -OCH3 is 1. The van der Waals surface area contributed by atoms with Gasteiger partial charge in [0, 0.05) is 32.1 Å². The third-order valence-corrected chi connectivity index (χ3v) is 5.34. The predicted molar refractivity (Wildman–Crippen MR) is 118 cm³/mol. The van der Waals surface area contributed by atoms with Gasteiger partial charge in [-0.15, -0.1) is 0 Å². The van der Waals surface area contributed by atoms with Gasteiger partial charge >= 0.3 is 0 Å². The maximum absolute atomic E-state index is 12.6. The summed E-state index contributed by atoms with van der Waals surface area (Å²) in [5, 5.41) is 5.72. The fourth-order valence-corrected chi connectivity index (χ4v) is 3.71. The average Bonchev–Trinajstić information content (AvgIpc) is 3.32. The highest BCUT2D eigenvalue weighted by Crippen LogP contribution is 2.20. The van der Waals surface area contributed by atoms with Gasteiger partial charge < -0.3 is 20.3 Å². The van der Waals surface area contributed by atoms with E-state index >= 15 is 0 Å². The fraction of sp³-hybridized carbons (Fsp3) is 0.375. The number of likely N-dealkylation sites (tertiary alicyclic amines) is 1. The number of ether oxygens (including phenoxy) is 1. The Morgan fingerprint density at radius 1 is 1.06 bits per heavy atom. The number of carbonyl (C=O) groups is 3. The van der Waals surface area contributed by atoms with Crippen LogP contribution in [0, 0.1) is 0 Å². The Hall–Kier alpha value is -3.35. The molecule has 1 fully saturated rings. The second-order valence-corrected chi connectivity index (χ2v) is 7.71. The Bertz CT molecular complexity index is 921. The van der Waals surface area contributed by atoms with E-state index in [0.29, 0.717) is 17.9 Å². The zero-order chi connectivity index (χ0) is 22.2. The molecule has 3 rings (SSSR count). The van der Waals surface area contributed by atoms with Gasteiger partial charge in [0.05, 0.1) is 19.6 Å². The maximum Gasteiger partial charge on any atom is 0.253 e. The molecule has 1 heterocycles. The molecule has 0 radical (unpaired) electrons. The van der Waals surface area contributed by atoms with E-state index in [1.807, 2.05) is 41.3 Å². The van der Waals surface area contributed by atoms with Crippen LogP contribution in [-0.2, 0) is 16.1 Å².